The van der Waals surface area contributed by atoms with Crippen molar-refractivity contribution < 1.29 is 19.4 Å². The van der Waals surface area contributed by atoms with Gasteiger partial charge in [0.1, 0.15) is 5.75 Å². The summed E-state index contributed by atoms with van der Waals surface area (Å²) in [5, 5.41) is 9.00. The molecule has 1 aromatic rings. The van der Waals surface area contributed by atoms with E-state index in [4.69, 9.17) is 9.84 Å². The molecule has 1 aromatic carbocycles. The van der Waals surface area contributed by atoms with Crippen molar-refractivity contribution in [1.82, 2.24) is 0 Å². The lowest BCUT2D eigenvalue weighted by molar-refractivity contribution is -0.141. The lowest BCUT2D eigenvalue weighted by Gasteiger charge is -2.21. The second-order valence-electron chi connectivity index (χ2n) is 4.88. The van der Waals surface area contributed by atoms with E-state index in [1.54, 1.807) is 12.1 Å². The van der Waals surface area contributed by atoms with Gasteiger partial charge in [0.2, 0.25) is 5.91 Å². The Morgan fingerprint density at radius 3 is 2.68 bits per heavy atom. The van der Waals surface area contributed by atoms with E-state index >= 15 is 0 Å². The molecule has 1 aliphatic heterocycles. The molecule has 1 N–H and O–H groups in total. The summed E-state index contributed by atoms with van der Waals surface area (Å²) >= 11 is 0. The molecule has 5 heteroatoms. The van der Waals surface area contributed by atoms with Gasteiger partial charge in [-0.25, -0.2) is 0 Å². The summed E-state index contributed by atoms with van der Waals surface area (Å²) < 4.78 is 5.66. The van der Waals surface area contributed by atoms with Crippen molar-refractivity contribution >= 4 is 17.6 Å². The molecule has 1 fully saturated rings. The van der Waals surface area contributed by atoms with Crippen molar-refractivity contribution in [3.63, 3.8) is 0 Å². The SMILES string of the molecule is CC(C)Oc1ccccc1N1CC(C(=O)O)CC1=O. The molecule has 2 rings (SSSR count). The summed E-state index contributed by atoms with van der Waals surface area (Å²) in [6.45, 7) is 4.01. The Morgan fingerprint density at radius 2 is 2.11 bits per heavy atom. The molecule has 0 radical (unpaired) electrons. The molecular weight excluding hydrogens is 246 g/mol. The van der Waals surface area contributed by atoms with Crippen LogP contribution in [-0.2, 0) is 9.59 Å². The van der Waals surface area contributed by atoms with Crippen LogP contribution in [0.1, 0.15) is 20.3 Å². The van der Waals surface area contributed by atoms with E-state index in [1.165, 1.54) is 4.90 Å². The summed E-state index contributed by atoms with van der Waals surface area (Å²) in [7, 11) is 0. The third kappa shape index (κ3) is 2.86. The Bertz CT molecular complexity index is 498. The number of ether oxygens (including phenoxy) is 1. The predicted molar refractivity (Wildman–Crippen MR) is 70.3 cm³/mol. The van der Waals surface area contributed by atoms with Crippen LogP contribution in [0.4, 0.5) is 5.69 Å². The molecule has 1 atom stereocenters. The highest BCUT2D eigenvalue weighted by atomic mass is 16.5. The molecule has 0 aliphatic carbocycles. The van der Waals surface area contributed by atoms with Crippen LogP contribution < -0.4 is 9.64 Å². The van der Waals surface area contributed by atoms with E-state index in [0.29, 0.717) is 11.4 Å². The largest absolute Gasteiger partial charge is 0.489 e. The lowest BCUT2D eigenvalue weighted by Crippen LogP contribution is -2.26. The third-order valence-electron chi connectivity index (χ3n) is 2.99. The fourth-order valence-electron chi connectivity index (χ4n) is 2.14. The maximum atomic E-state index is 11.9. The summed E-state index contributed by atoms with van der Waals surface area (Å²) in [6, 6.07) is 7.21. The zero-order valence-electron chi connectivity index (χ0n) is 11.0. The van der Waals surface area contributed by atoms with Gasteiger partial charge in [-0.3, -0.25) is 9.59 Å². The van der Waals surface area contributed by atoms with E-state index < -0.39 is 11.9 Å². The molecule has 102 valence electrons. The Kier molecular flexibility index (Phi) is 3.74. The number of amides is 1. The molecule has 1 unspecified atom stereocenters. The maximum absolute atomic E-state index is 11.9. The van der Waals surface area contributed by atoms with Crippen LogP contribution in [0.25, 0.3) is 0 Å². The van der Waals surface area contributed by atoms with E-state index in [9.17, 15) is 9.59 Å². The molecule has 5 nitrogen and oxygen atoms in total. The topological polar surface area (TPSA) is 66.8 Å². The normalized spacial score (nSPS) is 19.0. The van der Waals surface area contributed by atoms with Crippen molar-refractivity contribution in [1.29, 1.82) is 0 Å². The van der Waals surface area contributed by atoms with Gasteiger partial charge in [0.25, 0.3) is 0 Å². The summed E-state index contributed by atoms with van der Waals surface area (Å²) in [5.41, 5.74) is 0.643. The Hall–Kier alpha value is -2.04. The Labute approximate surface area is 111 Å². The first-order valence-electron chi connectivity index (χ1n) is 6.28. The number of rotatable bonds is 4. The summed E-state index contributed by atoms with van der Waals surface area (Å²) in [5.74, 6) is -1.14. The molecule has 1 aliphatic rings. The van der Waals surface area contributed by atoms with Gasteiger partial charge in [-0.15, -0.1) is 0 Å². The van der Waals surface area contributed by atoms with Gasteiger partial charge >= 0.3 is 5.97 Å². The highest BCUT2D eigenvalue weighted by molar-refractivity contribution is 6.00. The molecule has 0 saturated carbocycles. The number of carboxylic acids is 1. The van der Waals surface area contributed by atoms with Crippen LogP contribution in [0.3, 0.4) is 0 Å². The van der Waals surface area contributed by atoms with Crippen molar-refractivity contribution in [2.24, 2.45) is 5.92 Å². The molecule has 1 saturated heterocycles. The average molecular weight is 263 g/mol. The van der Waals surface area contributed by atoms with Crippen LogP contribution in [-0.4, -0.2) is 29.6 Å². The number of hydrogen-bond donors (Lipinski definition) is 1. The Morgan fingerprint density at radius 1 is 1.42 bits per heavy atom. The highest BCUT2D eigenvalue weighted by Crippen LogP contribution is 2.33. The first-order valence-corrected chi connectivity index (χ1v) is 6.28. The van der Waals surface area contributed by atoms with Gasteiger partial charge in [-0.2, -0.15) is 0 Å². The maximum Gasteiger partial charge on any atom is 0.308 e. The smallest absolute Gasteiger partial charge is 0.308 e. The summed E-state index contributed by atoms with van der Waals surface area (Å²) in [6.07, 6.45) is 0.0415. The zero-order valence-corrected chi connectivity index (χ0v) is 11.0. The van der Waals surface area contributed by atoms with Gasteiger partial charge in [0, 0.05) is 13.0 Å². The zero-order chi connectivity index (χ0) is 14.0. The fourth-order valence-corrected chi connectivity index (χ4v) is 2.14. The molecule has 1 amide bonds. The van der Waals surface area contributed by atoms with Gasteiger partial charge in [-0.1, -0.05) is 12.1 Å². The van der Waals surface area contributed by atoms with Gasteiger partial charge < -0.3 is 14.7 Å². The number of carbonyl (C=O) groups excluding carboxylic acids is 1. The van der Waals surface area contributed by atoms with Crippen LogP contribution in [0.15, 0.2) is 24.3 Å². The summed E-state index contributed by atoms with van der Waals surface area (Å²) in [4.78, 5) is 24.4. The van der Waals surface area contributed by atoms with Crippen molar-refractivity contribution in [3.05, 3.63) is 24.3 Å². The van der Waals surface area contributed by atoms with Crippen LogP contribution in [0.5, 0.6) is 5.75 Å². The lowest BCUT2D eigenvalue weighted by atomic mass is 10.1. The highest BCUT2D eigenvalue weighted by Gasteiger charge is 2.36. The number of carboxylic acid groups (broad SMARTS) is 1. The van der Waals surface area contributed by atoms with E-state index in [-0.39, 0.29) is 25.0 Å². The third-order valence-corrected chi connectivity index (χ3v) is 2.99. The Balaban J connectivity index is 2.27. The molecule has 0 aromatic heterocycles. The van der Waals surface area contributed by atoms with Crippen LogP contribution >= 0.6 is 0 Å². The van der Waals surface area contributed by atoms with E-state index in [1.807, 2.05) is 26.0 Å². The van der Waals surface area contributed by atoms with Crippen LogP contribution in [0.2, 0.25) is 0 Å². The minimum Gasteiger partial charge on any atom is -0.489 e. The van der Waals surface area contributed by atoms with Crippen LogP contribution in [0, 0.1) is 5.92 Å². The quantitative estimate of drug-likeness (QED) is 0.901. The molecule has 0 bridgehead atoms. The number of carbonyl (C=O) groups is 2. The standard InChI is InChI=1S/C14H17NO4/c1-9(2)19-12-6-4-3-5-11(12)15-8-10(14(17)18)7-13(15)16/h3-6,9-10H,7-8H2,1-2H3,(H,17,18). The molecular formula is C14H17NO4. The fraction of sp³-hybridized carbons (Fsp3) is 0.429. The monoisotopic (exact) mass is 263 g/mol. The van der Waals surface area contributed by atoms with Crippen molar-refractivity contribution in [2.45, 2.75) is 26.4 Å². The number of anilines is 1. The first kappa shape index (κ1) is 13.4. The van der Waals surface area contributed by atoms with Crippen molar-refractivity contribution in [2.75, 3.05) is 11.4 Å². The number of hydrogen-bond acceptors (Lipinski definition) is 3. The number of benzene rings is 1. The van der Waals surface area contributed by atoms with Gasteiger partial charge in [0.15, 0.2) is 0 Å². The van der Waals surface area contributed by atoms with Gasteiger partial charge in [-0.05, 0) is 26.0 Å². The van der Waals surface area contributed by atoms with Crippen molar-refractivity contribution in [3.8, 4) is 5.75 Å². The van der Waals surface area contributed by atoms with Gasteiger partial charge in [0.05, 0.1) is 17.7 Å². The minimum atomic E-state index is -0.932. The molecule has 1 heterocycles. The first-order chi connectivity index (χ1) is 8.99. The predicted octanol–water partition coefficient (Wildman–Crippen LogP) is 1.91. The number of nitrogens with zero attached hydrogens (tertiary/aromatic N) is 1. The average Bonchev–Trinajstić information content (AvgIpc) is 2.71. The van der Waals surface area contributed by atoms with E-state index in [2.05, 4.69) is 0 Å². The number of para-hydroxylation sites is 2. The molecule has 19 heavy (non-hydrogen) atoms. The van der Waals surface area contributed by atoms with E-state index in [0.717, 1.165) is 0 Å². The second-order valence-corrected chi connectivity index (χ2v) is 4.88. The number of aliphatic carboxylic acids is 1. The minimum absolute atomic E-state index is 0.00544. The molecule has 0 spiro atoms. The second kappa shape index (κ2) is 5.30.